The number of benzene rings is 1. The van der Waals surface area contributed by atoms with Gasteiger partial charge in [-0.2, -0.15) is 0 Å². The average Bonchev–Trinajstić information content (AvgIpc) is 3.07. The normalized spacial score (nSPS) is 16.6. The van der Waals surface area contributed by atoms with E-state index < -0.39 is 48.8 Å². The van der Waals surface area contributed by atoms with Gasteiger partial charge < -0.3 is 25.7 Å². The first kappa shape index (κ1) is 38.7. The van der Waals surface area contributed by atoms with Gasteiger partial charge in [0.25, 0.3) is 0 Å². The van der Waals surface area contributed by atoms with Crippen LogP contribution in [-0.2, 0) is 20.8 Å². The fourth-order valence-electron chi connectivity index (χ4n) is 5.75. The van der Waals surface area contributed by atoms with Crippen LogP contribution in [0.15, 0.2) is 30.3 Å². The molecule has 1 aromatic rings. The van der Waals surface area contributed by atoms with Crippen molar-refractivity contribution in [2.24, 2.45) is 11.8 Å². The Hall–Kier alpha value is -3.44. The van der Waals surface area contributed by atoms with Crippen LogP contribution in [0, 0.1) is 36.0 Å². The van der Waals surface area contributed by atoms with Crippen LogP contribution in [0.4, 0.5) is 4.39 Å². The highest BCUT2D eigenvalue weighted by Gasteiger charge is 2.34. The molecule has 0 bridgehead atoms. The zero-order chi connectivity index (χ0) is 33.9. The lowest BCUT2D eigenvalue weighted by Gasteiger charge is -2.33. The number of aliphatic hydroxyl groups excluding tert-OH is 2. The third-order valence-electron chi connectivity index (χ3n) is 8.71. The number of terminal acetylenes is 1. The Morgan fingerprint density at radius 1 is 1.04 bits per heavy atom. The van der Waals surface area contributed by atoms with Crippen molar-refractivity contribution < 1.29 is 29.0 Å². The van der Waals surface area contributed by atoms with Gasteiger partial charge in [0.2, 0.25) is 17.7 Å². The molecular formula is C36H53FN4O5. The van der Waals surface area contributed by atoms with Crippen LogP contribution >= 0.6 is 0 Å². The Labute approximate surface area is 274 Å². The molecule has 1 aliphatic carbocycles. The number of hydrogen-bond acceptors (Lipinski definition) is 6. The van der Waals surface area contributed by atoms with Gasteiger partial charge in [-0.1, -0.05) is 62.4 Å². The minimum atomic E-state index is -1.23. The maximum Gasteiger partial charge on any atom is 0.243 e. The second-order valence-corrected chi connectivity index (χ2v) is 12.5. The highest BCUT2D eigenvalue weighted by Crippen LogP contribution is 2.29. The quantitative estimate of drug-likeness (QED) is 0.136. The predicted octanol–water partition coefficient (Wildman–Crippen LogP) is 3.04. The van der Waals surface area contributed by atoms with E-state index in [1.807, 2.05) is 30.3 Å². The van der Waals surface area contributed by atoms with E-state index in [0.717, 1.165) is 37.7 Å². The van der Waals surface area contributed by atoms with Crippen LogP contribution in [0.2, 0.25) is 0 Å². The summed E-state index contributed by atoms with van der Waals surface area (Å²) in [5.74, 6) is 6.38. The van der Waals surface area contributed by atoms with Crippen LogP contribution < -0.4 is 10.6 Å². The van der Waals surface area contributed by atoms with E-state index in [1.54, 1.807) is 21.0 Å². The lowest BCUT2D eigenvalue weighted by molar-refractivity contribution is -0.137. The second-order valence-electron chi connectivity index (χ2n) is 12.5. The van der Waals surface area contributed by atoms with E-state index in [1.165, 1.54) is 9.80 Å². The summed E-state index contributed by atoms with van der Waals surface area (Å²) in [6, 6.07) is 7.54. The van der Waals surface area contributed by atoms with Crippen LogP contribution in [0.3, 0.4) is 0 Å². The zero-order valence-corrected chi connectivity index (χ0v) is 27.7. The van der Waals surface area contributed by atoms with Crippen molar-refractivity contribution in [1.29, 1.82) is 0 Å². The molecule has 0 heterocycles. The van der Waals surface area contributed by atoms with E-state index in [9.17, 15) is 29.0 Å². The van der Waals surface area contributed by atoms with Crippen LogP contribution in [0.25, 0.3) is 0 Å². The first-order valence-electron chi connectivity index (χ1n) is 16.4. The number of nitrogens with zero attached hydrogens (tertiary/aromatic N) is 2. The van der Waals surface area contributed by atoms with Gasteiger partial charge in [0.15, 0.2) is 0 Å². The fourth-order valence-corrected chi connectivity index (χ4v) is 5.75. The summed E-state index contributed by atoms with van der Waals surface area (Å²) in [6.07, 6.45) is 9.47. The SMILES string of the molecule is C#CCCC(O)C(O)C(CC1CCCCC1)NC(=O)[C@H](CC#CC)NC(=O)C(CC(=O)N(C)CCN(C)CF)Cc1ccccc1. The Morgan fingerprint density at radius 2 is 1.74 bits per heavy atom. The van der Waals surface area contributed by atoms with E-state index in [4.69, 9.17) is 6.42 Å². The van der Waals surface area contributed by atoms with Gasteiger partial charge in [-0.15, -0.1) is 24.2 Å². The highest BCUT2D eigenvalue weighted by molar-refractivity contribution is 5.91. The molecule has 254 valence electrons. The molecule has 4 N–H and O–H groups in total. The van der Waals surface area contributed by atoms with Gasteiger partial charge in [0, 0.05) is 39.4 Å². The maximum atomic E-state index is 13.8. The number of hydrogen-bond donors (Lipinski definition) is 4. The number of amides is 3. The number of alkyl halides is 1. The lowest BCUT2D eigenvalue weighted by atomic mass is 9.82. The van der Waals surface area contributed by atoms with Crippen LogP contribution in [0.5, 0.6) is 0 Å². The molecule has 0 aliphatic heterocycles. The number of halogens is 1. The topological polar surface area (TPSA) is 122 Å². The first-order chi connectivity index (χ1) is 22.1. The molecule has 9 nitrogen and oxygen atoms in total. The summed E-state index contributed by atoms with van der Waals surface area (Å²) in [5.41, 5.74) is 0.862. The van der Waals surface area contributed by atoms with E-state index >= 15 is 0 Å². The van der Waals surface area contributed by atoms with Gasteiger partial charge in [0.05, 0.1) is 18.1 Å². The minimum absolute atomic E-state index is 0.0292. The molecule has 3 amide bonds. The van der Waals surface area contributed by atoms with Gasteiger partial charge >= 0.3 is 0 Å². The Kier molecular flexibility index (Phi) is 18.0. The zero-order valence-electron chi connectivity index (χ0n) is 27.7. The molecular weight excluding hydrogens is 587 g/mol. The van der Waals surface area contributed by atoms with Crippen LogP contribution in [-0.4, -0.2) is 96.0 Å². The maximum absolute atomic E-state index is 13.8. The summed E-state index contributed by atoms with van der Waals surface area (Å²) in [7, 11) is 3.24. The summed E-state index contributed by atoms with van der Waals surface area (Å²) in [6.45, 7) is 1.65. The van der Waals surface area contributed by atoms with Crippen molar-refractivity contribution in [1.82, 2.24) is 20.4 Å². The third kappa shape index (κ3) is 13.9. The first-order valence-corrected chi connectivity index (χ1v) is 16.4. The van der Waals surface area contributed by atoms with E-state index in [2.05, 4.69) is 28.4 Å². The molecule has 1 fully saturated rings. The fraction of sp³-hybridized carbons (Fsp3) is 0.639. The summed E-state index contributed by atoms with van der Waals surface area (Å²) >= 11 is 0. The number of carbonyl (C=O) groups excluding carboxylic acids is 3. The van der Waals surface area contributed by atoms with Crippen molar-refractivity contribution in [3.63, 3.8) is 0 Å². The molecule has 0 radical (unpaired) electrons. The van der Waals surface area contributed by atoms with Crippen molar-refractivity contribution in [2.45, 2.75) is 102 Å². The number of rotatable bonds is 19. The molecule has 46 heavy (non-hydrogen) atoms. The number of likely N-dealkylation sites (N-methyl/N-ethyl adjacent to an activating group) is 2. The molecule has 2 rings (SSSR count). The standard InChI is InChI=1S/C36H53FN4O5/c1-5-7-19-30(36(46)39-31(24-28-17-13-10-14-18-28)34(44)32(42)20-8-6-2)38-35(45)29(23-27-15-11-9-12-16-27)25-33(43)41(4)22-21-40(3)26-37/h2,9,11-12,15-16,28-32,34,42,44H,8,10,13-14,17-26H2,1,3-4H3,(H,38,45)(H,39,46)/t29?,30-,31?,32?,34?/m0/s1. The van der Waals surface area contributed by atoms with Crippen molar-refractivity contribution in [3.05, 3.63) is 35.9 Å². The van der Waals surface area contributed by atoms with E-state index in [0.29, 0.717) is 25.4 Å². The second kappa shape index (κ2) is 21.4. The minimum Gasteiger partial charge on any atom is -0.390 e. The third-order valence-corrected chi connectivity index (χ3v) is 8.71. The smallest absolute Gasteiger partial charge is 0.243 e. The summed E-state index contributed by atoms with van der Waals surface area (Å²) < 4.78 is 12.9. The molecule has 0 aromatic heterocycles. The van der Waals surface area contributed by atoms with Gasteiger partial charge in [-0.05, 0) is 44.7 Å². The van der Waals surface area contributed by atoms with Crippen molar-refractivity contribution in [3.8, 4) is 24.2 Å². The van der Waals surface area contributed by atoms with Crippen molar-refractivity contribution >= 4 is 17.7 Å². The summed E-state index contributed by atoms with van der Waals surface area (Å²) in [4.78, 5) is 43.6. The van der Waals surface area contributed by atoms with E-state index in [-0.39, 0.29) is 38.0 Å². The molecule has 5 atom stereocenters. The highest BCUT2D eigenvalue weighted by atomic mass is 19.1. The summed E-state index contributed by atoms with van der Waals surface area (Å²) in [5, 5.41) is 27.5. The monoisotopic (exact) mass is 640 g/mol. The van der Waals surface area contributed by atoms with Gasteiger partial charge in [-0.25, -0.2) is 4.39 Å². The molecule has 1 aliphatic rings. The largest absolute Gasteiger partial charge is 0.390 e. The number of aliphatic hydroxyl groups is 2. The molecule has 1 aromatic carbocycles. The lowest BCUT2D eigenvalue weighted by Crippen LogP contribution is -2.56. The molecule has 4 unspecified atom stereocenters. The predicted molar refractivity (Wildman–Crippen MR) is 178 cm³/mol. The van der Waals surface area contributed by atoms with Gasteiger partial charge in [0.1, 0.15) is 18.9 Å². The van der Waals surface area contributed by atoms with Crippen LogP contribution in [0.1, 0.15) is 76.7 Å². The Balaban J connectivity index is 2.24. The molecule has 0 spiro atoms. The Bertz CT molecular complexity index is 1170. The average molecular weight is 641 g/mol. The van der Waals surface area contributed by atoms with Crippen molar-refractivity contribution in [2.75, 3.05) is 34.0 Å². The Morgan fingerprint density at radius 3 is 2.37 bits per heavy atom. The number of carbonyl (C=O) groups is 3. The molecule has 0 saturated heterocycles. The molecule has 10 heteroatoms. The van der Waals surface area contributed by atoms with Gasteiger partial charge in [-0.3, -0.25) is 19.3 Å². The number of nitrogens with one attached hydrogen (secondary N) is 2. The molecule has 1 saturated carbocycles.